The summed E-state index contributed by atoms with van der Waals surface area (Å²) >= 11 is 0. The fourth-order valence-electron chi connectivity index (χ4n) is 3.67. The number of carbonyl (C=O) groups is 1. The van der Waals surface area contributed by atoms with Gasteiger partial charge in [0.1, 0.15) is 12.1 Å². The summed E-state index contributed by atoms with van der Waals surface area (Å²) < 4.78 is 13.2. The van der Waals surface area contributed by atoms with Crippen LogP contribution in [-0.4, -0.2) is 47.0 Å². The highest BCUT2D eigenvalue weighted by atomic mass is 19.1. The average molecular weight is 451 g/mol. The van der Waals surface area contributed by atoms with E-state index in [9.17, 15) is 19.3 Å². The number of anilines is 5. The van der Waals surface area contributed by atoms with Crippen LogP contribution >= 0.6 is 0 Å². The molecule has 1 aromatic heterocycles. The third kappa shape index (κ3) is 5.14. The topological polar surface area (TPSA) is 117 Å². The van der Waals surface area contributed by atoms with Gasteiger partial charge in [0.2, 0.25) is 17.5 Å². The first-order chi connectivity index (χ1) is 15.9. The van der Waals surface area contributed by atoms with Gasteiger partial charge in [0.15, 0.2) is 0 Å². The van der Waals surface area contributed by atoms with Crippen LogP contribution in [0.5, 0.6) is 0 Å². The van der Waals surface area contributed by atoms with Gasteiger partial charge in [0.25, 0.3) is 0 Å². The first kappa shape index (κ1) is 21.9. The summed E-state index contributed by atoms with van der Waals surface area (Å²) in [5, 5.41) is 17.6. The van der Waals surface area contributed by atoms with Gasteiger partial charge in [0.05, 0.1) is 4.92 Å². The molecule has 2 aromatic carbocycles. The van der Waals surface area contributed by atoms with Crippen molar-refractivity contribution in [3.05, 3.63) is 70.8 Å². The minimum Gasteiger partial charge on any atom is -0.368 e. The molecule has 1 saturated heterocycles. The Morgan fingerprint density at radius 3 is 2.18 bits per heavy atom. The number of rotatable bonds is 6. The van der Waals surface area contributed by atoms with Crippen LogP contribution in [0.3, 0.4) is 0 Å². The number of piperazine rings is 1. The van der Waals surface area contributed by atoms with E-state index in [1.807, 2.05) is 4.90 Å². The minimum absolute atomic E-state index is 0.0817. The maximum absolute atomic E-state index is 13.2. The average Bonchev–Trinajstić information content (AvgIpc) is 2.80. The molecule has 3 aromatic rings. The van der Waals surface area contributed by atoms with E-state index >= 15 is 0 Å². The molecule has 0 bridgehead atoms. The largest absolute Gasteiger partial charge is 0.368 e. The monoisotopic (exact) mass is 451 g/mol. The molecule has 1 aliphatic heterocycles. The summed E-state index contributed by atoms with van der Waals surface area (Å²) in [6.45, 7) is 3.66. The highest BCUT2D eigenvalue weighted by molar-refractivity contribution is 5.89. The molecular weight excluding hydrogens is 429 g/mol. The fourth-order valence-corrected chi connectivity index (χ4v) is 3.67. The molecule has 0 spiro atoms. The molecule has 2 N–H and O–H groups in total. The molecule has 170 valence electrons. The van der Waals surface area contributed by atoms with E-state index in [1.54, 1.807) is 36.4 Å². The highest BCUT2D eigenvalue weighted by Crippen LogP contribution is 2.34. The molecular formula is C22H22FN7O3. The first-order valence-corrected chi connectivity index (χ1v) is 10.3. The second kappa shape index (κ2) is 9.47. The summed E-state index contributed by atoms with van der Waals surface area (Å²) in [6.07, 6.45) is 1.29. The van der Waals surface area contributed by atoms with E-state index in [0.29, 0.717) is 37.6 Å². The molecule has 0 aliphatic carbocycles. The molecule has 0 saturated carbocycles. The maximum Gasteiger partial charge on any atom is 0.353 e. The zero-order valence-electron chi connectivity index (χ0n) is 17.9. The lowest BCUT2D eigenvalue weighted by Gasteiger charge is -2.36. The van der Waals surface area contributed by atoms with Crippen molar-refractivity contribution in [1.82, 2.24) is 9.97 Å². The second-order valence-electron chi connectivity index (χ2n) is 7.49. The Labute approximate surface area is 189 Å². The number of halogens is 1. The zero-order chi connectivity index (χ0) is 23.4. The van der Waals surface area contributed by atoms with E-state index < -0.39 is 4.92 Å². The third-order valence-electron chi connectivity index (χ3n) is 5.22. The predicted molar refractivity (Wildman–Crippen MR) is 124 cm³/mol. The molecule has 0 radical (unpaired) electrons. The number of hydrogen-bond acceptors (Lipinski definition) is 8. The normalized spacial score (nSPS) is 13.5. The van der Waals surface area contributed by atoms with Gasteiger partial charge in [0, 0.05) is 50.2 Å². The van der Waals surface area contributed by atoms with Crippen LogP contribution in [-0.2, 0) is 4.79 Å². The van der Waals surface area contributed by atoms with Crippen molar-refractivity contribution in [2.45, 2.75) is 6.92 Å². The number of nitrogens with zero attached hydrogens (tertiary/aromatic N) is 5. The summed E-state index contributed by atoms with van der Waals surface area (Å²) in [4.78, 5) is 34.8. The molecule has 10 nitrogen and oxygen atoms in total. The van der Waals surface area contributed by atoms with Gasteiger partial charge < -0.3 is 20.4 Å². The Hall–Kier alpha value is -4.28. The van der Waals surface area contributed by atoms with Crippen LogP contribution < -0.4 is 20.4 Å². The maximum atomic E-state index is 13.2. The highest BCUT2D eigenvalue weighted by Gasteiger charge is 2.29. The van der Waals surface area contributed by atoms with E-state index in [4.69, 9.17) is 0 Å². The number of nitro groups is 1. The standard InChI is InChI=1S/C22H22FN7O3/c1-15(31)26-17-4-6-18(7-5-17)27-21-20(30(32)33)22(25-14-24-21)29-12-10-28(11-13-29)19-8-2-16(23)3-9-19/h2-9,14H,10-13H2,1H3,(H,26,31)(H,24,25,27). The van der Waals surface area contributed by atoms with E-state index in [2.05, 4.69) is 25.5 Å². The fraction of sp³-hybridized carbons (Fsp3) is 0.227. The van der Waals surface area contributed by atoms with Gasteiger partial charge in [-0.1, -0.05) is 0 Å². The van der Waals surface area contributed by atoms with E-state index in [1.165, 1.54) is 25.4 Å². The summed E-state index contributed by atoms with van der Waals surface area (Å²) in [5.74, 6) is -0.158. The SMILES string of the molecule is CC(=O)Nc1ccc(Nc2ncnc(N3CCN(c4ccc(F)cc4)CC3)c2[N+](=O)[O-])cc1. The Morgan fingerprint density at radius 2 is 1.58 bits per heavy atom. The Kier molecular flexibility index (Phi) is 6.29. The Morgan fingerprint density at radius 1 is 0.970 bits per heavy atom. The summed E-state index contributed by atoms with van der Waals surface area (Å²) in [5.41, 5.74) is 1.89. The lowest BCUT2D eigenvalue weighted by Crippen LogP contribution is -2.47. The van der Waals surface area contributed by atoms with Crippen molar-refractivity contribution in [2.75, 3.05) is 46.6 Å². The van der Waals surface area contributed by atoms with E-state index in [-0.39, 0.29) is 29.0 Å². The summed E-state index contributed by atoms with van der Waals surface area (Å²) in [7, 11) is 0. The van der Waals surface area contributed by atoms with Crippen LogP contribution in [0.2, 0.25) is 0 Å². The van der Waals surface area contributed by atoms with Gasteiger partial charge in [-0.25, -0.2) is 14.4 Å². The van der Waals surface area contributed by atoms with E-state index in [0.717, 1.165) is 5.69 Å². The van der Waals surface area contributed by atoms with Crippen molar-refractivity contribution >= 4 is 40.3 Å². The number of benzene rings is 2. The van der Waals surface area contributed by atoms with Gasteiger partial charge in [-0.3, -0.25) is 14.9 Å². The van der Waals surface area contributed by atoms with Crippen molar-refractivity contribution < 1.29 is 14.1 Å². The van der Waals surface area contributed by atoms with Crippen LogP contribution in [0, 0.1) is 15.9 Å². The molecule has 1 fully saturated rings. The lowest BCUT2D eigenvalue weighted by atomic mass is 10.2. The number of nitrogens with one attached hydrogen (secondary N) is 2. The first-order valence-electron chi connectivity index (χ1n) is 10.3. The number of carbonyl (C=O) groups excluding carboxylic acids is 1. The Bertz CT molecular complexity index is 1150. The molecule has 1 aliphatic rings. The van der Waals surface area contributed by atoms with Crippen molar-refractivity contribution in [3.63, 3.8) is 0 Å². The summed E-state index contributed by atoms with van der Waals surface area (Å²) in [6, 6.07) is 13.0. The molecule has 2 heterocycles. The molecule has 1 amide bonds. The van der Waals surface area contributed by atoms with Crippen molar-refractivity contribution in [3.8, 4) is 0 Å². The number of hydrogen-bond donors (Lipinski definition) is 2. The lowest BCUT2D eigenvalue weighted by molar-refractivity contribution is -0.383. The predicted octanol–water partition coefficient (Wildman–Crippen LogP) is 3.55. The second-order valence-corrected chi connectivity index (χ2v) is 7.49. The van der Waals surface area contributed by atoms with Crippen molar-refractivity contribution in [2.24, 2.45) is 0 Å². The molecule has 11 heteroatoms. The van der Waals surface area contributed by atoms with Gasteiger partial charge in [-0.2, -0.15) is 0 Å². The molecule has 4 rings (SSSR count). The van der Waals surface area contributed by atoms with Gasteiger partial charge >= 0.3 is 5.69 Å². The van der Waals surface area contributed by atoms with Gasteiger partial charge in [-0.05, 0) is 48.5 Å². The Balaban J connectivity index is 1.51. The van der Waals surface area contributed by atoms with Crippen molar-refractivity contribution in [1.29, 1.82) is 0 Å². The minimum atomic E-state index is -0.490. The van der Waals surface area contributed by atoms with Crippen LogP contribution in [0.15, 0.2) is 54.9 Å². The molecule has 0 atom stereocenters. The number of aromatic nitrogens is 2. The quantitative estimate of drug-likeness (QED) is 0.432. The molecule has 33 heavy (non-hydrogen) atoms. The zero-order valence-corrected chi connectivity index (χ0v) is 17.9. The number of amides is 1. The third-order valence-corrected chi connectivity index (χ3v) is 5.22. The smallest absolute Gasteiger partial charge is 0.353 e. The van der Waals surface area contributed by atoms with Gasteiger partial charge in [-0.15, -0.1) is 0 Å². The van der Waals surface area contributed by atoms with Crippen LogP contribution in [0.25, 0.3) is 0 Å². The van der Waals surface area contributed by atoms with Crippen LogP contribution in [0.1, 0.15) is 6.92 Å². The molecule has 0 unspecified atom stereocenters. The van der Waals surface area contributed by atoms with Crippen LogP contribution in [0.4, 0.5) is 38.8 Å².